The molecular formula is C29H32N4O4. The summed E-state index contributed by atoms with van der Waals surface area (Å²) in [6.07, 6.45) is 2.47. The van der Waals surface area contributed by atoms with Crippen LogP contribution in [0.15, 0.2) is 40.9 Å². The number of likely N-dealkylation sites (tertiary alicyclic amines) is 1. The summed E-state index contributed by atoms with van der Waals surface area (Å²) in [5.74, 6) is 1.40. The van der Waals surface area contributed by atoms with E-state index in [0.717, 1.165) is 24.8 Å². The third-order valence-electron chi connectivity index (χ3n) is 6.98. The SMILES string of the molecule is CC(C)Oc1ccc(-c2nc(-c3cccc4c3CCC43CCN(C(=O)OC(C)(C)C)C3)no2)cc1C#N. The van der Waals surface area contributed by atoms with Crippen LogP contribution in [0, 0.1) is 11.3 Å². The molecule has 1 amide bonds. The fourth-order valence-electron chi connectivity index (χ4n) is 5.40. The molecule has 1 aromatic heterocycles. The summed E-state index contributed by atoms with van der Waals surface area (Å²) in [5, 5.41) is 13.9. The van der Waals surface area contributed by atoms with Gasteiger partial charge in [0.05, 0.1) is 11.7 Å². The van der Waals surface area contributed by atoms with E-state index in [0.29, 0.717) is 41.7 Å². The number of benzene rings is 2. The van der Waals surface area contributed by atoms with Crippen molar-refractivity contribution in [1.82, 2.24) is 15.0 Å². The highest BCUT2D eigenvalue weighted by molar-refractivity contribution is 5.71. The van der Waals surface area contributed by atoms with Crippen molar-refractivity contribution in [3.8, 4) is 34.7 Å². The number of nitriles is 1. The average Bonchev–Trinajstić information content (AvgIpc) is 3.58. The van der Waals surface area contributed by atoms with Crippen LogP contribution in [0.2, 0.25) is 0 Å². The topological polar surface area (TPSA) is 101 Å². The summed E-state index contributed by atoms with van der Waals surface area (Å²) in [6.45, 7) is 10.8. The molecule has 1 fully saturated rings. The maximum Gasteiger partial charge on any atom is 0.410 e. The Labute approximate surface area is 217 Å². The van der Waals surface area contributed by atoms with Crippen molar-refractivity contribution < 1.29 is 18.8 Å². The number of rotatable bonds is 4. The van der Waals surface area contributed by atoms with Crippen LogP contribution in [0.5, 0.6) is 5.75 Å². The largest absolute Gasteiger partial charge is 0.490 e. The van der Waals surface area contributed by atoms with Gasteiger partial charge in [0.25, 0.3) is 5.89 Å². The fraction of sp³-hybridized carbons (Fsp3) is 0.448. The number of ether oxygens (including phenoxy) is 2. The molecule has 1 spiro atoms. The van der Waals surface area contributed by atoms with E-state index in [-0.39, 0.29) is 17.6 Å². The molecule has 1 saturated heterocycles. The van der Waals surface area contributed by atoms with Gasteiger partial charge in [0.1, 0.15) is 17.4 Å². The van der Waals surface area contributed by atoms with Crippen LogP contribution < -0.4 is 4.74 Å². The standard InChI is InChI=1S/C29H32N4O4/c1-18(2)35-24-10-9-19(15-20(24)16-30)26-31-25(32-37-26)22-7-6-8-23-21(22)11-12-29(23)13-14-33(17-29)27(34)36-28(3,4)5/h6-10,15,18H,11-14,17H2,1-5H3. The Hall–Kier alpha value is -3.86. The first kappa shape index (κ1) is 24.8. The minimum absolute atomic E-state index is 0.0347. The van der Waals surface area contributed by atoms with Gasteiger partial charge in [-0.2, -0.15) is 10.2 Å². The van der Waals surface area contributed by atoms with Crippen molar-refractivity contribution in [3.05, 3.63) is 53.1 Å². The Morgan fingerprint density at radius 3 is 2.76 bits per heavy atom. The van der Waals surface area contributed by atoms with Gasteiger partial charge in [0.2, 0.25) is 5.82 Å². The zero-order chi connectivity index (χ0) is 26.4. The molecule has 2 aliphatic rings. The lowest BCUT2D eigenvalue weighted by Crippen LogP contribution is -2.37. The normalized spacial score (nSPS) is 18.8. The van der Waals surface area contributed by atoms with E-state index >= 15 is 0 Å². The van der Waals surface area contributed by atoms with E-state index in [1.165, 1.54) is 11.1 Å². The first-order valence-corrected chi connectivity index (χ1v) is 12.7. The van der Waals surface area contributed by atoms with E-state index in [4.69, 9.17) is 14.0 Å². The molecule has 1 aliphatic heterocycles. The molecule has 3 aromatic rings. The summed E-state index contributed by atoms with van der Waals surface area (Å²) >= 11 is 0. The zero-order valence-corrected chi connectivity index (χ0v) is 22.0. The van der Waals surface area contributed by atoms with Crippen LogP contribution in [0.25, 0.3) is 22.8 Å². The number of hydrogen-bond acceptors (Lipinski definition) is 7. The molecule has 0 bridgehead atoms. The zero-order valence-electron chi connectivity index (χ0n) is 22.0. The highest BCUT2D eigenvalue weighted by Crippen LogP contribution is 2.48. The Morgan fingerprint density at radius 1 is 1.22 bits per heavy atom. The number of amides is 1. The van der Waals surface area contributed by atoms with Crippen molar-refractivity contribution in [2.24, 2.45) is 0 Å². The van der Waals surface area contributed by atoms with E-state index < -0.39 is 5.60 Å². The summed E-state index contributed by atoms with van der Waals surface area (Å²) in [5.41, 5.74) is 3.90. The Kier molecular flexibility index (Phi) is 6.18. The van der Waals surface area contributed by atoms with E-state index in [9.17, 15) is 10.1 Å². The molecule has 37 heavy (non-hydrogen) atoms. The van der Waals surface area contributed by atoms with Crippen LogP contribution in [-0.4, -0.2) is 45.9 Å². The molecule has 1 aliphatic carbocycles. The molecule has 2 aromatic carbocycles. The average molecular weight is 501 g/mol. The molecule has 0 N–H and O–H groups in total. The lowest BCUT2D eigenvalue weighted by atomic mass is 9.81. The summed E-state index contributed by atoms with van der Waals surface area (Å²) in [6, 6.07) is 13.7. The van der Waals surface area contributed by atoms with Crippen LogP contribution >= 0.6 is 0 Å². The van der Waals surface area contributed by atoms with Crippen molar-refractivity contribution in [1.29, 1.82) is 5.26 Å². The second kappa shape index (κ2) is 9.22. The molecule has 8 nitrogen and oxygen atoms in total. The monoisotopic (exact) mass is 500 g/mol. The van der Waals surface area contributed by atoms with Crippen molar-refractivity contribution in [3.63, 3.8) is 0 Å². The van der Waals surface area contributed by atoms with Crippen molar-refractivity contribution >= 4 is 6.09 Å². The van der Waals surface area contributed by atoms with Crippen molar-refractivity contribution in [2.45, 2.75) is 71.0 Å². The maximum atomic E-state index is 12.7. The summed E-state index contributed by atoms with van der Waals surface area (Å²) in [4.78, 5) is 19.2. The number of nitrogens with zero attached hydrogens (tertiary/aromatic N) is 4. The quantitative estimate of drug-likeness (QED) is 0.440. The highest BCUT2D eigenvalue weighted by atomic mass is 16.6. The van der Waals surface area contributed by atoms with Crippen LogP contribution in [0.3, 0.4) is 0 Å². The first-order valence-electron chi connectivity index (χ1n) is 12.7. The minimum atomic E-state index is -0.514. The third-order valence-corrected chi connectivity index (χ3v) is 6.98. The molecule has 0 saturated carbocycles. The highest BCUT2D eigenvalue weighted by Gasteiger charge is 2.47. The number of fused-ring (bicyclic) bond motifs is 2. The predicted octanol–water partition coefficient (Wildman–Crippen LogP) is 5.89. The number of carbonyl (C=O) groups is 1. The number of aromatic nitrogens is 2. The van der Waals surface area contributed by atoms with Gasteiger partial charge in [0, 0.05) is 29.6 Å². The Bertz CT molecular complexity index is 1380. The smallest absolute Gasteiger partial charge is 0.410 e. The lowest BCUT2D eigenvalue weighted by Gasteiger charge is -2.27. The van der Waals surface area contributed by atoms with Crippen LogP contribution in [-0.2, 0) is 16.6 Å². The van der Waals surface area contributed by atoms with Crippen molar-refractivity contribution in [2.75, 3.05) is 13.1 Å². The lowest BCUT2D eigenvalue weighted by molar-refractivity contribution is 0.0284. The molecule has 0 radical (unpaired) electrons. The van der Waals surface area contributed by atoms with E-state index in [1.54, 1.807) is 12.1 Å². The van der Waals surface area contributed by atoms with Gasteiger partial charge < -0.3 is 18.9 Å². The van der Waals surface area contributed by atoms with Gasteiger partial charge in [0.15, 0.2) is 0 Å². The molecular weight excluding hydrogens is 468 g/mol. The van der Waals surface area contributed by atoms with Crippen LogP contribution in [0.1, 0.15) is 64.2 Å². The Balaban J connectivity index is 1.41. The molecule has 192 valence electrons. The van der Waals surface area contributed by atoms with Gasteiger partial charge in [-0.25, -0.2) is 4.79 Å². The van der Waals surface area contributed by atoms with E-state index in [1.807, 2.05) is 57.7 Å². The molecule has 1 atom stereocenters. The third kappa shape index (κ3) is 4.78. The van der Waals surface area contributed by atoms with Gasteiger partial charge in [-0.1, -0.05) is 23.4 Å². The minimum Gasteiger partial charge on any atom is -0.490 e. The second-order valence-electron chi connectivity index (χ2n) is 11.2. The van der Waals surface area contributed by atoms with Crippen LogP contribution in [0.4, 0.5) is 4.79 Å². The first-order chi connectivity index (χ1) is 17.6. The summed E-state index contributed by atoms with van der Waals surface area (Å²) in [7, 11) is 0. The molecule has 1 unspecified atom stereocenters. The van der Waals surface area contributed by atoms with Gasteiger partial charge in [-0.3, -0.25) is 0 Å². The summed E-state index contributed by atoms with van der Waals surface area (Å²) < 4.78 is 17.0. The van der Waals surface area contributed by atoms with Gasteiger partial charge in [-0.15, -0.1) is 0 Å². The molecule has 8 heteroatoms. The number of hydrogen-bond donors (Lipinski definition) is 0. The Morgan fingerprint density at radius 2 is 2.03 bits per heavy atom. The maximum absolute atomic E-state index is 12.7. The van der Waals surface area contributed by atoms with Gasteiger partial charge >= 0.3 is 6.09 Å². The molecule has 5 rings (SSSR count). The second-order valence-corrected chi connectivity index (χ2v) is 11.2. The fourth-order valence-corrected chi connectivity index (χ4v) is 5.40. The molecule has 2 heterocycles. The number of carbonyl (C=O) groups excluding carboxylic acids is 1. The van der Waals surface area contributed by atoms with Gasteiger partial charge in [-0.05, 0) is 83.2 Å². The predicted molar refractivity (Wildman–Crippen MR) is 138 cm³/mol. The van der Waals surface area contributed by atoms with E-state index in [2.05, 4.69) is 22.3 Å².